The summed E-state index contributed by atoms with van der Waals surface area (Å²) in [5, 5.41) is 3.14. The highest BCUT2D eigenvalue weighted by atomic mass is 19.1. The van der Waals surface area contributed by atoms with Gasteiger partial charge in [-0.2, -0.15) is 0 Å². The van der Waals surface area contributed by atoms with Crippen LogP contribution in [0.2, 0.25) is 0 Å². The molecule has 0 fully saturated rings. The summed E-state index contributed by atoms with van der Waals surface area (Å²) in [7, 11) is 1.96. The second-order valence-corrected chi connectivity index (χ2v) is 4.34. The fourth-order valence-corrected chi connectivity index (χ4v) is 1.88. The molecule has 1 N–H and O–H groups in total. The van der Waals surface area contributed by atoms with Crippen LogP contribution >= 0.6 is 0 Å². The molecule has 0 spiro atoms. The largest absolute Gasteiger partial charge is 0.338 e. The van der Waals surface area contributed by atoms with Crippen molar-refractivity contribution < 1.29 is 4.39 Å². The van der Waals surface area contributed by atoms with Crippen molar-refractivity contribution in [3.63, 3.8) is 0 Å². The highest BCUT2D eigenvalue weighted by molar-refractivity contribution is 5.27. The topological polar surface area (TPSA) is 29.9 Å². The number of nitrogens with zero attached hydrogens (tertiary/aromatic N) is 2. The van der Waals surface area contributed by atoms with E-state index >= 15 is 0 Å². The van der Waals surface area contributed by atoms with Crippen LogP contribution in [0.25, 0.3) is 0 Å². The molecule has 0 unspecified atom stereocenters. The molecule has 2 rings (SSSR count). The van der Waals surface area contributed by atoms with Gasteiger partial charge in [0.15, 0.2) is 0 Å². The number of rotatable bonds is 5. The van der Waals surface area contributed by atoms with Gasteiger partial charge in [0.25, 0.3) is 0 Å². The summed E-state index contributed by atoms with van der Waals surface area (Å²) >= 11 is 0. The van der Waals surface area contributed by atoms with Gasteiger partial charge in [-0.05, 0) is 18.2 Å². The zero-order valence-corrected chi connectivity index (χ0v) is 10.8. The van der Waals surface area contributed by atoms with Crippen LogP contribution in [0.4, 0.5) is 4.39 Å². The molecule has 1 heterocycles. The summed E-state index contributed by atoms with van der Waals surface area (Å²) in [6.45, 7) is 3.41. The number of hydrogen-bond donors (Lipinski definition) is 1. The van der Waals surface area contributed by atoms with Gasteiger partial charge in [0.05, 0.1) is 0 Å². The monoisotopic (exact) mass is 247 g/mol. The van der Waals surface area contributed by atoms with E-state index in [0.717, 1.165) is 24.4 Å². The highest BCUT2D eigenvalue weighted by Crippen LogP contribution is 2.13. The van der Waals surface area contributed by atoms with E-state index in [0.29, 0.717) is 12.1 Å². The zero-order chi connectivity index (χ0) is 13.0. The summed E-state index contributed by atoms with van der Waals surface area (Å²) in [6.07, 6.45) is 4.42. The average Bonchev–Trinajstić information content (AvgIpc) is 2.76. The Morgan fingerprint density at radius 1 is 1.39 bits per heavy atom. The first kappa shape index (κ1) is 12.8. The van der Waals surface area contributed by atoms with E-state index in [2.05, 4.69) is 10.3 Å². The van der Waals surface area contributed by atoms with Gasteiger partial charge in [-0.15, -0.1) is 0 Å². The minimum atomic E-state index is -0.153. The molecule has 0 amide bonds. The van der Waals surface area contributed by atoms with E-state index in [1.807, 2.05) is 36.9 Å². The Bertz CT molecular complexity index is 520. The molecule has 4 heteroatoms. The number of benzene rings is 1. The maximum atomic E-state index is 13.6. The molecule has 0 aliphatic rings. The van der Waals surface area contributed by atoms with Crippen LogP contribution in [-0.2, 0) is 20.0 Å². The summed E-state index contributed by atoms with van der Waals surface area (Å²) in [5.74, 6) is 0.829. The van der Waals surface area contributed by atoms with E-state index in [4.69, 9.17) is 0 Å². The standard InChI is InChI=1S/C14H18FN3/c1-3-16-10-12-8-11(4-5-13(12)15)9-14-17-6-7-18(14)2/h4-8,16H,3,9-10H2,1-2H3. The number of aryl methyl sites for hydroxylation is 1. The molecule has 96 valence electrons. The maximum Gasteiger partial charge on any atom is 0.127 e. The van der Waals surface area contributed by atoms with Crippen LogP contribution in [0, 0.1) is 5.82 Å². The van der Waals surface area contributed by atoms with Crippen LogP contribution in [0.3, 0.4) is 0 Å². The first-order chi connectivity index (χ1) is 8.70. The Labute approximate surface area is 107 Å². The quantitative estimate of drug-likeness (QED) is 0.878. The minimum Gasteiger partial charge on any atom is -0.338 e. The Hall–Kier alpha value is -1.68. The molecule has 1 aromatic heterocycles. The summed E-state index contributed by atoms with van der Waals surface area (Å²) in [6, 6.07) is 5.26. The van der Waals surface area contributed by atoms with E-state index in [-0.39, 0.29) is 5.82 Å². The molecule has 18 heavy (non-hydrogen) atoms. The summed E-state index contributed by atoms with van der Waals surface area (Å²) in [4.78, 5) is 4.28. The number of imidazole rings is 1. The third-order valence-corrected chi connectivity index (χ3v) is 2.96. The molecule has 0 atom stereocenters. The Balaban J connectivity index is 2.16. The fraction of sp³-hybridized carbons (Fsp3) is 0.357. The van der Waals surface area contributed by atoms with Crippen LogP contribution in [-0.4, -0.2) is 16.1 Å². The van der Waals surface area contributed by atoms with Gasteiger partial charge in [-0.3, -0.25) is 0 Å². The molecule has 0 radical (unpaired) electrons. The molecule has 2 aromatic rings. The van der Waals surface area contributed by atoms with Crippen molar-refractivity contribution in [3.05, 3.63) is 53.4 Å². The smallest absolute Gasteiger partial charge is 0.127 e. The van der Waals surface area contributed by atoms with Crippen LogP contribution < -0.4 is 5.32 Å². The Morgan fingerprint density at radius 2 is 2.22 bits per heavy atom. The number of aromatic nitrogens is 2. The predicted molar refractivity (Wildman–Crippen MR) is 69.8 cm³/mol. The molecule has 1 aromatic carbocycles. The second-order valence-electron chi connectivity index (χ2n) is 4.34. The van der Waals surface area contributed by atoms with Gasteiger partial charge in [-0.25, -0.2) is 9.37 Å². The summed E-state index contributed by atoms with van der Waals surface area (Å²) < 4.78 is 15.6. The third kappa shape index (κ3) is 2.96. The lowest BCUT2D eigenvalue weighted by atomic mass is 10.1. The van der Waals surface area contributed by atoms with Crippen molar-refractivity contribution in [1.82, 2.24) is 14.9 Å². The minimum absolute atomic E-state index is 0.153. The SMILES string of the molecule is CCNCc1cc(Cc2nccn2C)ccc1F. The zero-order valence-electron chi connectivity index (χ0n) is 10.8. The van der Waals surface area contributed by atoms with E-state index in [9.17, 15) is 4.39 Å². The molecule has 0 saturated heterocycles. The molecular weight excluding hydrogens is 229 g/mol. The van der Waals surface area contributed by atoms with Gasteiger partial charge >= 0.3 is 0 Å². The van der Waals surface area contributed by atoms with Crippen molar-refractivity contribution in [2.75, 3.05) is 6.54 Å². The van der Waals surface area contributed by atoms with Gasteiger partial charge in [-0.1, -0.05) is 19.1 Å². The molecule has 0 aliphatic heterocycles. The first-order valence-electron chi connectivity index (χ1n) is 6.15. The van der Waals surface area contributed by atoms with Crippen LogP contribution in [0.15, 0.2) is 30.6 Å². The van der Waals surface area contributed by atoms with Crippen LogP contribution in [0.1, 0.15) is 23.9 Å². The lowest BCUT2D eigenvalue weighted by Crippen LogP contribution is -2.13. The Kier molecular flexibility index (Phi) is 4.10. The number of halogens is 1. The molecular formula is C14H18FN3. The van der Waals surface area contributed by atoms with Crippen molar-refractivity contribution in [1.29, 1.82) is 0 Å². The lowest BCUT2D eigenvalue weighted by Gasteiger charge is -2.07. The van der Waals surface area contributed by atoms with Gasteiger partial charge in [0, 0.05) is 38.0 Å². The maximum absolute atomic E-state index is 13.6. The van der Waals surface area contributed by atoms with Crippen molar-refractivity contribution in [2.24, 2.45) is 7.05 Å². The van der Waals surface area contributed by atoms with E-state index in [1.165, 1.54) is 6.07 Å². The second kappa shape index (κ2) is 5.78. The third-order valence-electron chi connectivity index (χ3n) is 2.96. The fourth-order valence-electron chi connectivity index (χ4n) is 1.88. The molecule has 0 saturated carbocycles. The molecule has 0 aliphatic carbocycles. The normalized spacial score (nSPS) is 10.8. The van der Waals surface area contributed by atoms with Gasteiger partial charge in [0.2, 0.25) is 0 Å². The average molecular weight is 247 g/mol. The Morgan fingerprint density at radius 3 is 2.89 bits per heavy atom. The lowest BCUT2D eigenvalue weighted by molar-refractivity contribution is 0.592. The van der Waals surface area contributed by atoms with E-state index in [1.54, 1.807) is 6.20 Å². The van der Waals surface area contributed by atoms with E-state index < -0.39 is 0 Å². The van der Waals surface area contributed by atoms with Crippen molar-refractivity contribution in [2.45, 2.75) is 19.9 Å². The predicted octanol–water partition coefficient (Wildman–Crippen LogP) is 2.26. The highest BCUT2D eigenvalue weighted by Gasteiger charge is 2.06. The number of nitrogens with one attached hydrogen (secondary N) is 1. The number of hydrogen-bond acceptors (Lipinski definition) is 2. The van der Waals surface area contributed by atoms with Crippen molar-refractivity contribution in [3.8, 4) is 0 Å². The summed E-state index contributed by atoms with van der Waals surface area (Å²) in [5.41, 5.74) is 1.79. The van der Waals surface area contributed by atoms with Crippen molar-refractivity contribution >= 4 is 0 Å². The first-order valence-corrected chi connectivity index (χ1v) is 6.15. The van der Waals surface area contributed by atoms with Gasteiger partial charge < -0.3 is 9.88 Å². The molecule has 0 bridgehead atoms. The van der Waals surface area contributed by atoms with Gasteiger partial charge in [0.1, 0.15) is 11.6 Å². The van der Waals surface area contributed by atoms with Crippen LogP contribution in [0.5, 0.6) is 0 Å². The molecule has 3 nitrogen and oxygen atoms in total.